The Morgan fingerprint density at radius 2 is 1.77 bits per heavy atom. The zero-order chi connectivity index (χ0) is 18.6. The number of anilines is 1. The maximum Gasteiger partial charge on any atom is 0.257 e. The zero-order valence-corrected chi connectivity index (χ0v) is 15.6. The van der Waals surface area contributed by atoms with Gasteiger partial charge in [-0.3, -0.25) is 9.59 Å². The normalized spacial score (nSPS) is 14.5. The molecule has 1 aliphatic rings. The number of benzene rings is 2. The molecule has 1 fully saturated rings. The van der Waals surface area contributed by atoms with Gasteiger partial charge in [-0.25, -0.2) is 0 Å². The van der Waals surface area contributed by atoms with Crippen LogP contribution in [-0.4, -0.2) is 18.4 Å². The second-order valence-corrected chi connectivity index (χ2v) is 7.11. The Morgan fingerprint density at radius 3 is 2.38 bits per heavy atom. The van der Waals surface area contributed by atoms with E-state index >= 15 is 0 Å². The van der Waals surface area contributed by atoms with Crippen molar-refractivity contribution >= 4 is 29.1 Å². The van der Waals surface area contributed by atoms with Crippen LogP contribution in [0, 0.1) is 0 Å². The topological polar surface area (TPSA) is 58.2 Å². The lowest BCUT2D eigenvalue weighted by atomic mass is 9.94. The van der Waals surface area contributed by atoms with E-state index in [-0.39, 0.29) is 17.2 Å². The third-order valence-corrected chi connectivity index (χ3v) is 5.14. The molecule has 1 saturated carbocycles. The van der Waals surface area contributed by atoms with Gasteiger partial charge in [0.2, 0.25) is 5.91 Å². The van der Waals surface area contributed by atoms with Crippen molar-refractivity contribution in [3.05, 3.63) is 64.7 Å². The van der Waals surface area contributed by atoms with Crippen LogP contribution in [0.25, 0.3) is 0 Å². The summed E-state index contributed by atoms with van der Waals surface area (Å²) >= 11 is 6.06. The monoisotopic (exact) mass is 370 g/mol. The molecule has 0 heterocycles. The van der Waals surface area contributed by atoms with Crippen LogP contribution in [0.1, 0.15) is 48.5 Å². The van der Waals surface area contributed by atoms with Crippen LogP contribution in [0.3, 0.4) is 0 Å². The number of amides is 2. The molecule has 5 heteroatoms. The molecule has 0 aliphatic heterocycles. The Bertz CT molecular complexity index is 798. The Balaban J connectivity index is 1.66. The summed E-state index contributed by atoms with van der Waals surface area (Å²) < 4.78 is 0. The van der Waals surface area contributed by atoms with Crippen LogP contribution in [0.5, 0.6) is 0 Å². The minimum Gasteiger partial charge on any atom is -0.355 e. The summed E-state index contributed by atoms with van der Waals surface area (Å²) in [5.41, 5.74) is 1.73. The van der Waals surface area contributed by atoms with Gasteiger partial charge < -0.3 is 10.6 Å². The van der Waals surface area contributed by atoms with Crippen LogP contribution in [0.4, 0.5) is 5.69 Å². The summed E-state index contributed by atoms with van der Waals surface area (Å²) in [6.07, 6.45) is 3.80. The zero-order valence-electron chi connectivity index (χ0n) is 14.8. The maximum absolute atomic E-state index is 12.5. The molecule has 2 N–H and O–H groups in total. The Kier molecular flexibility index (Phi) is 5.62. The number of hydrogen-bond acceptors (Lipinski definition) is 2. The highest BCUT2D eigenvalue weighted by molar-refractivity contribution is 6.34. The fourth-order valence-corrected chi connectivity index (χ4v) is 3.26. The van der Waals surface area contributed by atoms with Gasteiger partial charge in [-0.05, 0) is 49.1 Å². The smallest absolute Gasteiger partial charge is 0.257 e. The molecule has 26 heavy (non-hydrogen) atoms. The van der Waals surface area contributed by atoms with Crippen LogP contribution in [-0.2, 0) is 10.2 Å². The van der Waals surface area contributed by atoms with E-state index in [4.69, 9.17) is 11.6 Å². The standard InChI is InChI=1S/C21H23ClN2O2/c1-2-3-14-23-20(26)21(12-13-21)15-8-10-16(11-9-15)24-19(25)17-6-4-5-7-18(17)22/h4-11H,2-3,12-14H2,1H3,(H,23,26)(H,24,25). The number of rotatable bonds is 7. The first kappa shape index (κ1) is 18.5. The van der Waals surface area contributed by atoms with Gasteiger partial charge in [-0.15, -0.1) is 0 Å². The summed E-state index contributed by atoms with van der Waals surface area (Å²) in [5, 5.41) is 6.30. The number of nitrogens with one attached hydrogen (secondary N) is 2. The minimum absolute atomic E-state index is 0.110. The van der Waals surface area contributed by atoms with Gasteiger partial charge in [0.25, 0.3) is 5.91 Å². The van der Waals surface area contributed by atoms with E-state index < -0.39 is 0 Å². The fourth-order valence-electron chi connectivity index (χ4n) is 3.04. The number of carbonyl (C=O) groups excluding carboxylic acids is 2. The molecule has 0 saturated heterocycles. The highest BCUT2D eigenvalue weighted by Gasteiger charge is 2.50. The summed E-state index contributed by atoms with van der Waals surface area (Å²) in [6.45, 7) is 2.83. The molecule has 0 bridgehead atoms. The molecular weight excluding hydrogens is 348 g/mol. The number of hydrogen-bond donors (Lipinski definition) is 2. The van der Waals surface area contributed by atoms with E-state index in [1.165, 1.54) is 0 Å². The van der Waals surface area contributed by atoms with Gasteiger partial charge in [0.15, 0.2) is 0 Å². The first-order valence-corrected chi connectivity index (χ1v) is 9.39. The average Bonchev–Trinajstić information content (AvgIpc) is 3.45. The fraction of sp³-hybridized carbons (Fsp3) is 0.333. The maximum atomic E-state index is 12.5. The molecule has 0 unspecified atom stereocenters. The molecule has 2 aromatic rings. The second-order valence-electron chi connectivity index (χ2n) is 6.70. The van der Waals surface area contributed by atoms with E-state index in [0.29, 0.717) is 16.3 Å². The van der Waals surface area contributed by atoms with Crippen LogP contribution in [0.2, 0.25) is 5.02 Å². The van der Waals surface area contributed by atoms with Crippen molar-refractivity contribution in [3.8, 4) is 0 Å². The average molecular weight is 371 g/mol. The third kappa shape index (κ3) is 3.91. The first-order valence-electron chi connectivity index (χ1n) is 9.01. The third-order valence-electron chi connectivity index (χ3n) is 4.81. The second kappa shape index (κ2) is 7.92. The summed E-state index contributed by atoms with van der Waals surface area (Å²) in [4.78, 5) is 24.8. The molecule has 4 nitrogen and oxygen atoms in total. The largest absolute Gasteiger partial charge is 0.355 e. The van der Waals surface area contributed by atoms with Gasteiger partial charge in [-0.1, -0.05) is 49.2 Å². The first-order chi connectivity index (χ1) is 12.6. The van der Waals surface area contributed by atoms with E-state index in [9.17, 15) is 9.59 Å². The lowest BCUT2D eigenvalue weighted by Crippen LogP contribution is -2.35. The predicted molar refractivity (Wildman–Crippen MR) is 105 cm³/mol. The van der Waals surface area contributed by atoms with Crippen molar-refractivity contribution in [2.24, 2.45) is 0 Å². The van der Waals surface area contributed by atoms with Crippen molar-refractivity contribution in [3.63, 3.8) is 0 Å². The van der Waals surface area contributed by atoms with Crippen molar-refractivity contribution in [2.75, 3.05) is 11.9 Å². The summed E-state index contributed by atoms with van der Waals surface area (Å²) in [7, 11) is 0. The SMILES string of the molecule is CCCCNC(=O)C1(c2ccc(NC(=O)c3ccccc3Cl)cc2)CC1. The Hall–Kier alpha value is -2.33. The van der Waals surface area contributed by atoms with Gasteiger partial charge >= 0.3 is 0 Å². The van der Waals surface area contributed by atoms with Gasteiger partial charge in [0, 0.05) is 12.2 Å². The van der Waals surface area contributed by atoms with Crippen molar-refractivity contribution in [1.82, 2.24) is 5.32 Å². The van der Waals surface area contributed by atoms with Gasteiger partial charge in [-0.2, -0.15) is 0 Å². The molecule has 0 spiro atoms. The van der Waals surface area contributed by atoms with Crippen molar-refractivity contribution in [2.45, 2.75) is 38.0 Å². The molecule has 0 aromatic heterocycles. The highest BCUT2D eigenvalue weighted by atomic mass is 35.5. The molecule has 2 aromatic carbocycles. The summed E-state index contributed by atoms with van der Waals surface area (Å²) in [5.74, 6) is -0.138. The lowest BCUT2D eigenvalue weighted by Gasteiger charge is -2.16. The van der Waals surface area contributed by atoms with Crippen LogP contribution in [0.15, 0.2) is 48.5 Å². The predicted octanol–water partition coefficient (Wildman–Crippen LogP) is 4.54. The van der Waals surface area contributed by atoms with Crippen molar-refractivity contribution < 1.29 is 9.59 Å². The van der Waals surface area contributed by atoms with E-state index in [1.54, 1.807) is 24.3 Å². The molecule has 136 valence electrons. The lowest BCUT2D eigenvalue weighted by molar-refractivity contribution is -0.123. The molecule has 2 amide bonds. The van der Waals surface area contributed by atoms with E-state index in [1.807, 2.05) is 24.3 Å². The van der Waals surface area contributed by atoms with Crippen LogP contribution >= 0.6 is 11.6 Å². The number of halogens is 1. The van der Waals surface area contributed by atoms with Gasteiger partial charge in [0.1, 0.15) is 0 Å². The molecule has 1 aliphatic carbocycles. The quantitative estimate of drug-likeness (QED) is 0.703. The molecule has 0 radical (unpaired) electrons. The van der Waals surface area contributed by atoms with Crippen molar-refractivity contribution in [1.29, 1.82) is 0 Å². The van der Waals surface area contributed by atoms with Crippen LogP contribution < -0.4 is 10.6 Å². The minimum atomic E-state index is -0.390. The molecular formula is C21H23ClN2O2. The number of unbranched alkanes of at least 4 members (excludes halogenated alkanes) is 1. The Morgan fingerprint density at radius 1 is 1.08 bits per heavy atom. The summed E-state index contributed by atoms with van der Waals surface area (Å²) in [6, 6.07) is 14.5. The highest BCUT2D eigenvalue weighted by Crippen LogP contribution is 2.48. The van der Waals surface area contributed by atoms with E-state index in [2.05, 4.69) is 17.6 Å². The van der Waals surface area contributed by atoms with E-state index in [0.717, 1.165) is 37.8 Å². The van der Waals surface area contributed by atoms with Gasteiger partial charge in [0.05, 0.1) is 16.0 Å². The molecule has 0 atom stereocenters. The Labute approximate surface area is 158 Å². The number of carbonyl (C=O) groups is 2. The molecule has 3 rings (SSSR count).